The normalized spacial score (nSPS) is 10.3. The van der Waals surface area contributed by atoms with Gasteiger partial charge in [-0.3, -0.25) is 9.59 Å². The van der Waals surface area contributed by atoms with E-state index in [1.165, 1.54) is 12.3 Å². The number of nitrogens with one attached hydrogen (secondary N) is 4. The first kappa shape index (κ1) is 68.3. The molecular formula is C59H55Cl9N4O10. The summed E-state index contributed by atoms with van der Waals surface area (Å²) >= 11 is 52.3. The lowest BCUT2D eigenvalue weighted by molar-refractivity contribution is -0.111. The summed E-state index contributed by atoms with van der Waals surface area (Å²) in [7, 11) is 0. The van der Waals surface area contributed by atoms with Crippen LogP contribution in [0.5, 0.6) is 0 Å². The second-order valence-electron chi connectivity index (χ2n) is 17.2. The van der Waals surface area contributed by atoms with Crippen LogP contribution in [0, 0.1) is 6.92 Å². The number of ether oxygens (including phenoxy) is 3. The van der Waals surface area contributed by atoms with Crippen LogP contribution in [0.4, 0.5) is 0 Å². The van der Waals surface area contributed by atoms with Gasteiger partial charge >= 0.3 is 23.9 Å². The van der Waals surface area contributed by atoms with Gasteiger partial charge in [0.2, 0.25) is 5.24 Å². The van der Waals surface area contributed by atoms with Crippen LogP contribution in [0.3, 0.4) is 0 Å². The SMILES string of the molecule is CCOC(=O)c1cc(C(=O)Cc2ccc(Cl)c(Cl)c2)c[nH]1.CCOC(=O)c1cc(CCc2ccc(Cl)c(Cl)c2)c[nH]1.CCOC(=O)c1ccc[nH]1.Cc1c(CC(=O)Cl)ccc(Cl)c1Cl.O=C(O)c1cc(CCc2ccc(Cl)c(Cl)c2)c[nH]1. The number of carbonyl (C=O) groups excluding carboxylic acids is 5. The molecule has 4 aromatic carbocycles. The summed E-state index contributed by atoms with van der Waals surface area (Å²) in [6.45, 7) is 8.16. The van der Waals surface area contributed by atoms with Crippen LogP contribution in [0.15, 0.2) is 122 Å². The molecule has 23 heteroatoms. The number of benzene rings is 4. The molecule has 0 amide bonds. The number of ketones is 1. The first-order chi connectivity index (χ1) is 39.0. The van der Waals surface area contributed by atoms with E-state index < -0.39 is 17.2 Å². The maximum absolute atomic E-state index is 12.2. The van der Waals surface area contributed by atoms with E-state index >= 15 is 0 Å². The molecule has 0 spiro atoms. The van der Waals surface area contributed by atoms with E-state index in [2.05, 4.69) is 19.9 Å². The van der Waals surface area contributed by atoms with Crippen molar-refractivity contribution < 1.29 is 48.1 Å². The first-order valence-electron chi connectivity index (χ1n) is 24.9. The molecule has 8 rings (SSSR count). The molecule has 434 valence electrons. The number of carboxylic acids is 1. The highest BCUT2D eigenvalue weighted by molar-refractivity contribution is 6.63. The number of carboxylic acid groups (broad SMARTS) is 1. The lowest BCUT2D eigenvalue weighted by Crippen LogP contribution is -2.05. The predicted molar refractivity (Wildman–Crippen MR) is 326 cm³/mol. The Morgan fingerprint density at radius 1 is 0.451 bits per heavy atom. The van der Waals surface area contributed by atoms with Gasteiger partial charge in [-0.25, -0.2) is 19.2 Å². The first-order valence-corrected chi connectivity index (χ1v) is 28.3. The molecule has 0 radical (unpaired) electrons. The number of aromatic amines is 4. The zero-order valence-electron chi connectivity index (χ0n) is 44.4. The molecule has 14 nitrogen and oxygen atoms in total. The smallest absolute Gasteiger partial charge is 0.354 e. The van der Waals surface area contributed by atoms with E-state index in [0.717, 1.165) is 64.6 Å². The number of esters is 3. The van der Waals surface area contributed by atoms with Crippen LogP contribution >= 0.6 is 104 Å². The Bertz CT molecular complexity index is 3430. The summed E-state index contributed by atoms with van der Waals surface area (Å²) in [5.41, 5.74) is 8.44. The Kier molecular flexibility index (Phi) is 29.2. The number of Topliss-reactive ketones (excluding diaryl/α,β-unsaturated/α-hetero) is 1. The van der Waals surface area contributed by atoms with Gasteiger partial charge < -0.3 is 39.3 Å². The molecule has 0 aliphatic heterocycles. The van der Waals surface area contributed by atoms with Crippen LogP contribution in [0.1, 0.15) is 112 Å². The fourth-order valence-corrected chi connectivity index (χ4v) is 8.60. The quantitative estimate of drug-likeness (QED) is 0.0237. The second-order valence-corrected chi connectivity index (χ2v) is 20.9. The van der Waals surface area contributed by atoms with Gasteiger partial charge in [0.1, 0.15) is 22.8 Å². The fraction of sp³-hybridized carbons (Fsp3) is 0.220. The number of hydrogen-bond donors (Lipinski definition) is 5. The number of H-pyrrole nitrogens is 4. The monoisotopic (exact) mass is 1290 g/mol. The molecule has 4 aromatic heterocycles. The van der Waals surface area contributed by atoms with E-state index in [-0.39, 0.29) is 48.6 Å². The number of aryl methyl sites for hydroxylation is 4. The Morgan fingerprint density at radius 2 is 0.878 bits per heavy atom. The third-order valence-electron chi connectivity index (χ3n) is 11.3. The molecule has 0 saturated carbocycles. The van der Waals surface area contributed by atoms with Gasteiger partial charge in [-0.15, -0.1) is 0 Å². The van der Waals surface area contributed by atoms with E-state index in [4.69, 9.17) is 124 Å². The molecule has 82 heavy (non-hydrogen) atoms. The molecule has 5 N–H and O–H groups in total. The van der Waals surface area contributed by atoms with E-state index in [1.54, 1.807) is 93.8 Å². The highest BCUT2D eigenvalue weighted by Crippen LogP contribution is 2.29. The molecular weight excluding hydrogens is 1240 g/mol. The number of halogens is 9. The lowest BCUT2D eigenvalue weighted by Gasteiger charge is -2.06. The van der Waals surface area contributed by atoms with E-state index in [0.29, 0.717) is 70.3 Å². The highest BCUT2D eigenvalue weighted by atomic mass is 35.5. The average molecular weight is 1300 g/mol. The van der Waals surface area contributed by atoms with Gasteiger partial charge in [0, 0.05) is 43.2 Å². The molecule has 0 saturated heterocycles. The summed E-state index contributed by atoms with van der Waals surface area (Å²) in [4.78, 5) is 78.5. The summed E-state index contributed by atoms with van der Waals surface area (Å²) in [6.07, 6.45) is 10.3. The van der Waals surface area contributed by atoms with Crippen molar-refractivity contribution in [3.05, 3.63) is 229 Å². The Morgan fingerprint density at radius 3 is 1.33 bits per heavy atom. The molecule has 0 unspecified atom stereocenters. The number of aromatic nitrogens is 4. The minimum atomic E-state index is -0.948. The van der Waals surface area contributed by atoms with Crippen molar-refractivity contribution in [3.63, 3.8) is 0 Å². The van der Waals surface area contributed by atoms with Gasteiger partial charge in [0.05, 0.1) is 60.0 Å². The predicted octanol–water partition coefficient (Wildman–Crippen LogP) is 16.8. The third kappa shape index (κ3) is 22.9. The van der Waals surface area contributed by atoms with Crippen molar-refractivity contribution in [1.29, 1.82) is 0 Å². The molecule has 0 atom stereocenters. The van der Waals surface area contributed by atoms with Crippen LogP contribution in [0.25, 0.3) is 0 Å². The third-order valence-corrected chi connectivity index (χ3v) is 14.6. The lowest BCUT2D eigenvalue weighted by atomic mass is 10.1. The molecule has 0 bridgehead atoms. The summed E-state index contributed by atoms with van der Waals surface area (Å²) < 4.78 is 14.5. The van der Waals surface area contributed by atoms with Crippen molar-refractivity contribution in [1.82, 2.24) is 19.9 Å². The van der Waals surface area contributed by atoms with Crippen LogP contribution < -0.4 is 0 Å². The van der Waals surface area contributed by atoms with Crippen LogP contribution in [-0.2, 0) is 57.5 Å². The summed E-state index contributed by atoms with van der Waals surface area (Å²) in [5, 5.41) is 12.4. The van der Waals surface area contributed by atoms with Crippen molar-refractivity contribution in [3.8, 4) is 0 Å². The van der Waals surface area contributed by atoms with Gasteiger partial charge in [-0.1, -0.05) is 117 Å². The number of rotatable bonds is 18. The minimum Gasteiger partial charge on any atom is -0.477 e. The van der Waals surface area contributed by atoms with E-state index in [1.807, 2.05) is 43.5 Å². The molecule has 0 aliphatic rings. The van der Waals surface area contributed by atoms with Crippen molar-refractivity contribution in [2.45, 2.75) is 66.2 Å². The number of hydrogen-bond acceptors (Lipinski definition) is 9. The highest BCUT2D eigenvalue weighted by Gasteiger charge is 2.16. The average Bonchev–Trinajstić information content (AvgIpc) is 4.33. The van der Waals surface area contributed by atoms with Gasteiger partial charge in [-0.05, 0) is 177 Å². The maximum atomic E-state index is 12.2. The maximum Gasteiger partial charge on any atom is 0.354 e. The van der Waals surface area contributed by atoms with Crippen LogP contribution in [-0.4, -0.2) is 79.8 Å². The number of carbonyl (C=O) groups is 6. The Hall–Kier alpha value is -6.17. The molecule has 0 aliphatic carbocycles. The van der Waals surface area contributed by atoms with Gasteiger partial charge in [0.25, 0.3) is 0 Å². The standard InChI is InChI=1S/C15H13Cl2NO3.C15H15Cl2NO2.C13H11Cl2NO2.C9H7Cl3O.C7H9NO2/c1-2-21-15(20)13-7-10(8-18-13)14(19)6-9-3-4-11(16)12(17)5-9;1-2-20-15(19)14-8-11(9-18-14)4-3-10-5-6-12(16)13(17)7-10;14-10-4-3-8(5-11(10)15)1-2-9-6-12(13(17)18)16-7-9;1-5-6(4-8(11)13)2-3-7(10)9(5)12;1-2-10-7(9)6-4-3-5-8-6/h3-5,7-8,18H,2,6H2,1H3;5-9,18H,2-4H2,1H3;3-7,16H,1-2H2,(H,17,18);2-3H,4H2,1H3;3-5,8H,2H2,1H3. The Labute approximate surface area is 518 Å². The summed E-state index contributed by atoms with van der Waals surface area (Å²) in [5.74, 6) is -2.18. The largest absolute Gasteiger partial charge is 0.477 e. The van der Waals surface area contributed by atoms with E-state index in [9.17, 15) is 28.8 Å². The zero-order chi connectivity index (χ0) is 60.5. The summed E-state index contributed by atoms with van der Waals surface area (Å²) in [6, 6.07) is 27.9. The number of aromatic carboxylic acids is 1. The topological polar surface area (TPSA) is 213 Å². The van der Waals surface area contributed by atoms with Crippen molar-refractivity contribution >= 4 is 139 Å². The zero-order valence-corrected chi connectivity index (χ0v) is 51.2. The molecule has 4 heterocycles. The second kappa shape index (κ2) is 35.1. The van der Waals surface area contributed by atoms with Gasteiger partial charge in [0.15, 0.2) is 5.78 Å². The Balaban J connectivity index is 0.000000225. The van der Waals surface area contributed by atoms with Gasteiger partial charge in [-0.2, -0.15) is 0 Å². The van der Waals surface area contributed by atoms with Crippen LogP contribution in [0.2, 0.25) is 40.2 Å². The fourth-order valence-electron chi connectivity index (χ4n) is 7.10. The minimum absolute atomic E-state index is 0.125. The molecule has 8 aromatic rings. The molecule has 0 fully saturated rings. The van der Waals surface area contributed by atoms with Crippen molar-refractivity contribution in [2.75, 3.05) is 19.8 Å². The van der Waals surface area contributed by atoms with Crippen molar-refractivity contribution in [2.24, 2.45) is 0 Å².